The van der Waals surface area contributed by atoms with Gasteiger partial charge in [0.1, 0.15) is 5.69 Å². The lowest BCUT2D eigenvalue weighted by molar-refractivity contribution is 0.0742. The van der Waals surface area contributed by atoms with Crippen LogP contribution in [0.25, 0.3) is 11.6 Å². The molecule has 3 aromatic heterocycles. The van der Waals surface area contributed by atoms with E-state index in [4.69, 9.17) is 4.52 Å². The van der Waals surface area contributed by atoms with Crippen molar-refractivity contribution < 1.29 is 9.32 Å². The summed E-state index contributed by atoms with van der Waals surface area (Å²) >= 11 is 0. The zero-order chi connectivity index (χ0) is 17.6. The summed E-state index contributed by atoms with van der Waals surface area (Å²) in [5, 5.41) is 8.40. The van der Waals surface area contributed by atoms with Gasteiger partial charge in [-0.2, -0.15) is 10.1 Å². The molecule has 4 heterocycles. The van der Waals surface area contributed by atoms with Crippen LogP contribution in [0, 0.1) is 6.92 Å². The monoisotopic (exact) mass is 339 g/mol. The minimum Gasteiger partial charge on any atom is -0.332 e. The second-order valence-electron chi connectivity index (χ2n) is 5.97. The predicted octanol–water partition coefficient (Wildman–Crippen LogP) is 1.29. The highest BCUT2D eigenvalue weighted by Gasteiger charge is 2.33. The average Bonchev–Trinajstić information content (AvgIpc) is 3.31. The van der Waals surface area contributed by atoms with E-state index in [1.165, 1.54) is 6.20 Å². The van der Waals surface area contributed by atoms with Gasteiger partial charge in [0.15, 0.2) is 11.5 Å². The van der Waals surface area contributed by atoms with Gasteiger partial charge in [0.2, 0.25) is 0 Å². The lowest BCUT2D eigenvalue weighted by atomic mass is 10.2. The minimum atomic E-state index is -0.158. The molecule has 0 bridgehead atoms. The zero-order valence-corrected chi connectivity index (χ0v) is 14.2. The third-order valence-corrected chi connectivity index (χ3v) is 4.24. The maximum absolute atomic E-state index is 12.7. The predicted molar refractivity (Wildman–Crippen MR) is 86.2 cm³/mol. The van der Waals surface area contributed by atoms with Gasteiger partial charge in [0.05, 0.1) is 30.7 Å². The molecule has 0 saturated heterocycles. The molecule has 9 nitrogen and oxygen atoms in total. The Morgan fingerprint density at radius 1 is 1.28 bits per heavy atom. The summed E-state index contributed by atoms with van der Waals surface area (Å²) in [5.74, 6) is 0.864. The quantitative estimate of drug-likeness (QED) is 0.708. The first-order valence-corrected chi connectivity index (χ1v) is 8.02. The molecule has 0 N–H and O–H groups in total. The second-order valence-corrected chi connectivity index (χ2v) is 5.97. The van der Waals surface area contributed by atoms with Gasteiger partial charge in [0, 0.05) is 25.2 Å². The van der Waals surface area contributed by atoms with Crippen LogP contribution in [0.1, 0.15) is 40.2 Å². The van der Waals surface area contributed by atoms with E-state index in [0.717, 1.165) is 17.0 Å². The highest BCUT2D eigenvalue weighted by molar-refractivity contribution is 5.92. The van der Waals surface area contributed by atoms with Gasteiger partial charge in [-0.1, -0.05) is 12.1 Å². The Labute approximate surface area is 143 Å². The van der Waals surface area contributed by atoms with Crippen LogP contribution < -0.4 is 0 Å². The molecule has 0 fully saturated rings. The van der Waals surface area contributed by atoms with Crippen LogP contribution in [0.4, 0.5) is 0 Å². The van der Waals surface area contributed by atoms with Gasteiger partial charge in [-0.3, -0.25) is 14.5 Å². The molecule has 0 unspecified atom stereocenters. The van der Waals surface area contributed by atoms with E-state index in [1.54, 1.807) is 15.8 Å². The third-order valence-electron chi connectivity index (χ3n) is 4.24. The lowest BCUT2D eigenvalue weighted by Gasteiger charge is -2.15. The number of hydrogen-bond donors (Lipinski definition) is 0. The summed E-state index contributed by atoms with van der Waals surface area (Å²) in [4.78, 5) is 27.1. The van der Waals surface area contributed by atoms with Crippen molar-refractivity contribution in [2.75, 3.05) is 0 Å². The van der Waals surface area contributed by atoms with Gasteiger partial charge in [0.25, 0.3) is 11.8 Å². The van der Waals surface area contributed by atoms with E-state index in [9.17, 15) is 4.79 Å². The second kappa shape index (κ2) is 5.76. The fourth-order valence-corrected chi connectivity index (χ4v) is 2.87. The van der Waals surface area contributed by atoms with Gasteiger partial charge >= 0.3 is 0 Å². The van der Waals surface area contributed by atoms with Gasteiger partial charge in [-0.15, -0.1) is 0 Å². The van der Waals surface area contributed by atoms with Crippen LogP contribution in [0.3, 0.4) is 0 Å². The summed E-state index contributed by atoms with van der Waals surface area (Å²) in [6.07, 6.45) is 3.79. The van der Waals surface area contributed by atoms with Crippen LogP contribution in [0.2, 0.25) is 0 Å². The van der Waals surface area contributed by atoms with Gasteiger partial charge < -0.3 is 9.42 Å². The van der Waals surface area contributed by atoms with Crippen molar-refractivity contribution in [2.24, 2.45) is 7.05 Å². The highest BCUT2D eigenvalue weighted by Crippen LogP contribution is 2.31. The van der Waals surface area contributed by atoms with E-state index in [0.29, 0.717) is 42.6 Å². The number of carbonyl (C=O) groups is 1. The molecular formula is C16H17N7O2. The number of aryl methyl sites for hydroxylation is 3. The molecule has 9 heteroatoms. The molecule has 0 radical (unpaired) electrons. The van der Waals surface area contributed by atoms with E-state index in [2.05, 4.69) is 25.2 Å². The SMILES string of the molecule is CCc1noc(-c2nn(C)c3c2CN(C(=O)c2cnc(C)cn2)C3)n1. The number of fused-ring (bicyclic) bond motifs is 1. The first-order chi connectivity index (χ1) is 12.1. The Hall–Kier alpha value is -3.10. The van der Waals surface area contributed by atoms with E-state index in [1.807, 2.05) is 20.9 Å². The molecular weight excluding hydrogens is 322 g/mol. The van der Waals surface area contributed by atoms with Crippen molar-refractivity contribution in [3.05, 3.63) is 40.9 Å². The molecule has 1 aliphatic rings. The molecule has 0 atom stereocenters. The van der Waals surface area contributed by atoms with Crippen LogP contribution in [-0.2, 0) is 26.6 Å². The Morgan fingerprint density at radius 3 is 2.80 bits per heavy atom. The lowest BCUT2D eigenvalue weighted by Crippen LogP contribution is -2.27. The third kappa shape index (κ3) is 2.57. The number of amides is 1. The smallest absolute Gasteiger partial charge is 0.278 e. The topological polar surface area (TPSA) is 103 Å². The largest absolute Gasteiger partial charge is 0.332 e. The first-order valence-electron chi connectivity index (χ1n) is 8.02. The number of hydrogen-bond acceptors (Lipinski definition) is 7. The summed E-state index contributed by atoms with van der Waals surface area (Å²) in [6.45, 7) is 4.68. The molecule has 3 aromatic rings. The maximum atomic E-state index is 12.7. The highest BCUT2D eigenvalue weighted by atomic mass is 16.5. The Morgan fingerprint density at radius 2 is 2.12 bits per heavy atom. The van der Waals surface area contributed by atoms with Crippen molar-refractivity contribution in [3.8, 4) is 11.6 Å². The number of carbonyl (C=O) groups excluding carboxylic acids is 1. The van der Waals surface area contributed by atoms with Crippen molar-refractivity contribution in [1.29, 1.82) is 0 Å². The molecule has 1 amide bonds. The number of aromatic nitrogens is 6. The Bertz CT molecular complexity index is 942. The molecule has 1 aliphatic heterocycles. The molecule has 0 spiro atoms. The minimum absolute atomic E-state index is 0.158. The standard InChI is InChI=1S/C16H17N7O2/c1-4-13-19-15(25-21-13)14-10-7-23(8-12(10)22(3)20-14)16(24)11-6-17-9(2)5-18-11/h5-6H,4,7-8H2,1-3H3. The van der Waals surface area contributed by atoms with Crippen LogP contribution in [-0.4, -0.2) is 40.7 Å². The summed E-state index contributed by atoms with van der Waals surface area (Å²) in [5.41, 5.74) is 3.63. The van der Waals surface area contributed by atoms with Crippen molar-refractivity contribution in [1.82, 2.24) is 34.8 Å². The fourth-order valence-electron chi connectivity index (χ4n) is 2.87. The Kier molecular flexibility index (Phi) is 3.56. The van der Waals surface area contributed by atoms with E-state index >= 15 is 0 Å². The molecule has 0 aromatic carbocycles. The van der Waals surface area contributed by atoms with Gasteiger partial charge in [-0.25, -0.2) is 4.98 Å². The normalized spacial score (nSPS) is 13.3. The van der Waals surface area contributed by atoms with E-state index < -0.39 is 0 Å². The van der Waals surface area contributed by atoms with Crippen LogP contribution >= 0.6 is 0 Å². The summed E-state index contributed by atoms with van der Waals surface area (Å²) in [7, 11) is 1.85. The number of rotatable bonds is 3. The fraction of sp³-hybridized carbons (Fsp3) is 0.375. The van der Waals surface area contributed by atoms with Crippen molar-refractivity contribution in [2.45, 2.75) is 33.4 Å². The average molecular weight is 339 g/mol. The Balaban J connectivity index is 1.63. The van der Waals surface area contributed by atoms with Crippen LogP contribution in [0.5, 0.6) is 0 Å². The molecule has 4 rings (SSSR count). The molecule has 0 saturated carbocycles. The molecule has 128 valence electrons. The molecule has 25 heavy (non-hydrogen) atoms. The van der Waals surface area contributed by atoms with Crippen molar-refractivity contribution >= 4 is 5.91 Å². The summed E-state index contributed by atoms with van der Waals surface area (Å²) in [6, 6.07) is 0. The van der Waals surface area contributed by atoms with Gasteiger partial charge in [-0.05, 0) is 6.92 Å². The summed E-state index contributed by atoms with van der Waals surface area (Å²) < 4.78 is 7.07. The van der Waals surface area contributed by atoms with Crippen molar-refractivity contribution in [3.63, 3.8) is 0 Å². The van der Waals surface area contributed by atoms with Crippen LogP contribution in [0.15, 0.2) is 16.9 Å². The number of nitrogens with zero attached hydrogens (tertiary/aromatic N) is 7. The maximum Gasteiger partial charge on any atom is 0.278 e. The zero-order valence-electron chi connectivity index (χ0n) is 14.2. The molecule has 0 aliphatic carbocycles. The first kappa shape index (κ1) is 15.4. The van der Waals surface area contributed by atoms with E-state index in [-0.39, 0.29) is 5.91 Å².